The normalized spacial score (nSPS) is 29.7. The number of anilines is 1. The van der Waals surface area contributed by atoms with Gasteiger partial charge in [-0.2, -0.15) is 0 Å². The molecular weight excluding hydrogens is 260 g/mol. The van der Waals surface area contributed by atoms with Gasteiger partial charge in [0.05, 0.1) is 23.8 Å². The molecule has 0 saturated carbocycles. The fraction of sp³-hybridized carbons (Fsp3) is 0.500. The van der Waals surface area contributed by atoms with Crippen LogP contribution in [0.15, 0.2) is 12.1 Å². The standard InChI is InChI=1S/C14H16N2O4/c15-9-5-13-12(18-6-19-13)4-8(9)14(17)16-10-3-7-1-2-11(10)20-7/h4-5,7,10-11H,1-3,6,15H2,(H,16,17). The number of hydrogen-bond donors (Lipinski definition) is 2. The molecule has 6 nitrogen and oxygen atoms in total. The summed E-state index contributed by atoms with van der Waals surface area (Å²) in [5.74, 6) is 0.970. The summed E-state index contributed by atoms with van der Waals surface area (Å²) in [5, 5.41) is 3.02. The van der Waals surface area contributed by atoms with E-state index in [1.165, 1.54) is 0 Å². The van der Waals surface area contributed by atoms with Gasteiger partial charge in [0.15, 0.2) is 11.5 Å². The number of carbonyl (C=O) groups excluding carboxylic acids is 1. The van der Waals surface area contributed by atoms with Crippen LogP contribution >= 0.6 is 0 Å². The second kappa shape index (κ2) is 4.28. The number of rotatable bonds is 2. The van der Waals surface area contributed by atoms with Gasteiger partial charge in [-0.05, 0) is 25.3 Å². The predicted molar refractivity (Wildman–Crippen MR) is 70.7 cm³/mol. The highest BCUT2D eigenvalue weighted by atomic mass is 16.7. The first-order valence-electron chi connectivity index (χ1n) is 6.86. The molecule has 3 N–H and O–H groups in total. The third kappa shape index (κ3) is 1.79. The predicted octanol–water partition coefficient (Wildman–Crippen LogP) is 1.05. The molecule has 0 aliphatic carbocycles. The number of nitrogens with two attached hydrogens (primary N) is 1. The van der Waals surface area contributed by atoms with Crippen LogP contribution in [0.1, 0.15) is 29.6 Å². The first kappa shape index (κ1) is 11.8. The van der Waals surface area contributed by atoms with Gasteiger partial charge in [-0.1, -0.05) is 0 Å². The molecular formula is C14H16N2O4. The van der Waals surface area contributed by atoms with E-state index in [1.54, 1.807) is 12.1 Å². The monoisotopic (exact) mass is 276 g/mol. The van der Waals surface area contributed by atoms with Crippen LogP contribution in [0.5, 0.6) is 11.5 Å². The van der Waals surface area contributed by atoms with Crippen molar-refractivity contribution in [2.24, 2.45) is 0 Å². The Bertz CT molecular complexity index is 575. The molecule has 3 aliphatic rings. The molecule has 1 amide bonds. The largest absolute Gasteiger partial charge is 0.454 e. The molecule has 1 aromatic rings. The molecule has 0 spiro atoms. The van der Waals surface area contributed by atoms with Crippen LogP contribution in [-0.4, -0.2) is 30.9 Å². The van der Waals surface area contributed by atoms with E-state index in [0.29, 0.717) is 28.9 Å². The molecule has 0 aromatic heterocycles. The molecule has 4 rings (SSSR count). The van der Waals surface area contributed by atoms with Crippen molar-refractivity contribution in [1.82, 2.24) is 5.32 Å². The number of ether oxygens (including phenoxy) is 3. The van der Waals surface area contributed by atoms with Crippen molar-refractivity contribution in [1.29, 1.82) is 0 Å². The van der Waals surface area contributed by atoms with E-state index in [4.69, 9.17) is 19.9 Å². The van der Waals surface area contributed by atoms with Crippen molar-refractivity contribution in [3.8, 4) is 11.5 Å². The average molecular weight is 276 g/mol. The maximum Gasteiger partial charge on any atom is 0.253 e. The van der Waals surface area contributed by atoms with Gasteiger partial charge in [0.25, 0.3) is 5.91 Å². The molecule has 6 heteroatoms. The molecule has 2 bridgehead atoms. The number of carbonyl (C=O) groups is 1. The lowest BCUT2D eigenvalue weighted by atomic mass is 9.95. The molecule has 1 aromatic carbocycles. The average Bonchev–Trinajstić information content (AvgIpc) is 3.12. The molecule has 3 unspecified atom stereocenters. The van der Waals surface area contributed by atoms with Crippen LogP contribution in [0, 0.1) is 0 Å². The SMILES string of the molecule is Nc1cc2c(cc1C(=O)NC1CC3CCC1O3)OCO2. The molecule has 0 radical (unpaired) electrons. The Hall–Kier alpha value is -1.95. The van der Waals surface area contributed by atoms with Gasteiger partial charge in [-0.25, -0.2) is 0 Å². The number of amides is 1. The van der Waals surface area contributed by atoms with Crippen molar-refractivity contribution >= 4 is 11.6 Å². The maximum absolute atomic E-state index is 12.4. The summed E-state index contributed by atoms with van der Waals surface area (Å²) < 4.78 is 16.3. The van der Waals surface area contributed by atoms with Crippen molar-refractivity contribution in [3.05, 3.63) is 17.7 Å². The fourth-order valence-corrected chi connectivity index (χ4v) is 3.19. The highest BCUT2D eigenvalue weighted by Gasteiger charge is 2.41. The molecule has 106 valence electrons. The van der Waals surface area contributed by atoms with Crippen molar-refractivity contribution < 1.29 is 19.0 Å². The van der Waals surface area contributed by atoms with E-state index in [1.807, 2.05) is 0 Å². The van der Waals surface area contributed by atoms with Crippen LogP contribution in [0.25, 0.3) is 0 Å². The zero-order valence-electron chi connectivity index (χ0n) is 10.9. The van der Waals surface area contributed by atoms with Crippen molar-refractivity contribution in [2.75, 3.05) is 12.5 Å². The Morgan fingerprint density at radius 1 is 1.25 bits per heavy atom. The number of benzene rings is 1. The highest BCUT2D eigenvalue weighted by Crippen LogP contribution is 2.37. The quantitative estimate of drug-likeness (QED) is 0.789. The number of nitrogen functional groups attached to an aromatic ring is 1. The minimum Gasteiger partial charge on any atom is -0.454 e. The van der Waals surface area contributed by atoms with Gasteiger partial charge in [-0.15, -0.1) is 0 Å². The van der Waals surface area contributed by atoms with Gasteiger partial charge in [0, 0.05) is 11.8 Å². The van der Waals surface area contributed by atoms with E-state index in [2.05, 4.69) is 5.32 Å². The van der Waals surface area contributed by atoms with Gasteiger partial charge < -0.3 is 25.3 Å². The second-order valence-electron chi connectivity index (χ2n) is 5.48. The van der Waals surface area contributed by atoms with Gasteiger partial charge in [0.1, 0.15) is 0 Å². The zero-order valence-corrected chi connectivity index (χ0v) is 10.9. The topological polar surface area (TPSA) is 82.8 Å². The molecule has 20 heavy (non-hydrogen) atoms. The second-order valence-corrected chi connectivity index (χ2v) is 5.48. The first-order valence-corrected chi connectivity index (χ1v) is 6.86. The van der Waals surface area contributed by atoms with Crippen molar-refractivity contribution in [2.45, 2.75) is 37.5 Å². The van der Waals surface area contributed by atoms with Crippen LogP contribution in [0.3, 0.4) is 0 Å². The van der Waals surface area contributed by atoms with Gasteiger partial charge in [-0.3, -0.25) is 4.79 Å². The molecule has 2 saturated heterocycles. The summed E-state index contributed by atoms with van der Waals surface area (Å²) in [6.07, 6.45) is 3.47. The lowest BCUT2D eigenvalue weighted by Crippen LogP contribution is -2.41. The van der Waals surface area contributed by atoms with Gasteiger partial charge >= 0.3 is 0 Å². The minimum atomic E-state index is -0.179. The lowest BCUT2D eigenvalue weighted by Gasteiger charge is -2.20. The first-order chi connectivity index (χ1) is 9.70. The molecule has 2 fully saturated rings. The zero-order chi connectivity index (χ0) is 13.7. The van der Waals surface area contributed by atoms with Gasteiger partial charge in [0.2, 0.25) is 6.79 Å². The third-order valence-electron chi connectivity index (χ3n) is 4.21. The Kier molecular flexibility index (Phi) is 2.53. The summed E-state index contributed by atoms with van der Waals surface area (Å²) >= 11 is 0. The van der Waals surface area contributed by atoms with E-state index < -0.39 is 0 Å². The van der Waals surface area contributed by atoms with Crippen molar-refractivity contribution in [3.63, 3.8) is 0 Å². The Morgan fingerprint density at radius 2 is 2.05 bits per heavy atom. The van der Waals surface area contributed by atoms with E-state index in [9.17, 15) is 4.79 Å². The van der Waals surface area contributed by atoms with Crippen LogP contribution in [0.4, 0.5) is 5.69 Å². The van der Waals surface area contributed by atoms with E-state index in [0.717, 1.165) is 19.3 Å². The minimum absolute atomic E-state index is 0.0890. The number of hydrogen-bond acceptors (Lipinski definition) is 5. The summed E-state index contributed by atoms with van der Waals surface area (Å²) in [6.45, 7) is 0.167. The van der Waals surface area contributed by atoms with Crippen LogP contribution < -0.4 is 20.5 Å². The van der Waals surface area contributed by atoms with Crippen LogP contribution in [-0.2, 0) is 4.74 Å². The molecule has 3 aliphatic heterocycles. The summed E-state index contributed by atoms with van der Waals surface area (Å²) in [7, 11) is 0. The third-order valence-corrected chi connectivity index (χ3v) is 4.21. The summed E-state index contributed by atoms with van der Waals surface area (Å²) in [4.78, 5) is 12.4. The lowest BCUT2D eigenvalue weighted by molar-refractivity contribution is 0.0841. The summed E-state index contributed by atoms with van der Waals surface area (Å²) in [5.41, 5.74) is 6.74. The smallest absolute Gasteiger partial charge is 0.253 e. The van der Waals surface area contributed by atoms with E-state index in [-0.39, 0.29) is 24.8 Å². The number of nitrogens with one attached hydrogen (secondary N) is 1. The highest BCUT2D eigenvalue weighted by molar-refractivity contribution is 6.00. The number of fused-ring (bicyclic) bond motifs is 3. The maximum atomic E-state index is 12.4. The molecule has 3 atom stereocenters. The fourth-order valence-electron chi connectivity index (χ4n) is 3.19. The Balaban J connectivity index is 1.54. The van der Waals surface area contributed by atoms with Crippen LogP contribution in [0.2, 0.25) is 0 Å². The Labute approximate surface area is 116 Å². The van der Waals surface area contributed by atoms with E-state index >= 15 is 0 Å². The Morgan fingerprint density at radius 3 is 2.75 bits per heavy atom. The summed E-state index contributed by atoms with van der Waals surface area (Å²) in [6, 6.07) is 3.36. The molecule has 3 heterocycles.